The molecule has 16 heavy (non-hydrogen) atoms. The summed E-state index contributed by atoms with van der Waals surface area (Å²) in [4.78, 5) is 16.5. The van der Waals surface area contributed by atoms with E-state index < -0.39 is 4.92 Å². The SMILES string of the molecule is O=[N+]([O-])c1cc(Cl)cnc1N1CCCCC1. The second kappa shape index (κ2) is 4.65. The lowest BCUT2D eigenvalue weighted by molar-refractivity contribution is -0.384. The summed E-state index contributed by atoms with van der Waals surface area (Å²) in [6.45, 7) is 1.66. The molecule has 0 unspecified atom stereocenters. The van der Waals surface area contributed by atoms with Gasteiger partial charge in [0.2, 0.25) is 5.82 Å². The molecule has 0 aromatic carbocycles. The molecule has 0 aliphatic carbocycles. The van der Waals surface area contributed by atoms with Crippen LogP contribution in [-0.2, 0) is 0 Å². The standard InChI is InChI=1S/C10H12ClN3O2/c11-8-6-9(14(15)16)10(12-7-8)13-4-2-1-3-5-13/h6-7H,1-5H2. The number of anilines is 1. The number of halogens is 1. The number of aromatic nitrogens is 1. The molecule has 1 aliphatic heterocycles. The summed E-state index contributed by atoms with van der Waals surface area (Å²) in [6.07, 6.45) is 4.75. The van der Waals surface area contributed by atoms with Crippen molar-refractivity contribution in [2.45, 2.75) is 19.3 Å². The van der Waals surface area contributed by atoms with E-state index in [0.717, 1.165) is 25.9 Å². The summed E-state index contributed by atoms with van der Waals surface area (Å²) >= 11 is 5.71. The summed E-state index contributed by atoms with van der Waals surface area (Å²) in [7, 11) is 0. The molecular formula is C10H12ClN3O2. The first-order valence-corrected chi connectivity index (χ1v) is 5.61. The molecule has 86 valence electrons. The van der Waals surface area contributed by atoms with E-state index in [1.165, 1.54) is 18.7 Å². The van der Waals surface area contributed by atoms with Gasteiger partial charge in [0.25, 0.3) is 0 Å². The molecule has 5 nitrogen and oxygen atoms in total. The van der Waals surface area contributed by atoms with Gasteiger partial charge in [-0.05, 0) is 19.3 Å². The average molecular weight is 242 g/mol. The zero-order valence-corrected chi connectivity index (χ0v) is 9.48. The van der Waals surface area contributed by atoms with Crippen LogP contribution in [-0.4, -0.2) is 23.0 Å². The number of hydrogen-bond donors (Lipinski definition) is 0. The van der Waals surface area contributed by atoms with E-state index in [4.69, 9.17) is 11.6 Å². The molecule has 6 heteroatoms. The first-order valence-electron chi connectivity index (χ1n) is 5.23. The average Bonchev–Trinajstić information content (AvgIpc) is 2.30. The van der Waals surface area contributed by atoms with Crippen LogP contribution in [0.3, 0.4) is 0 Å². The van der Waals surface area contributed by atoms with Gasteiger partial charge in [0.1, 0.15) is 0 Å². The van der Waals surface area contributed by atoms with Gasteiger partial charge in [-0.15, -0.1) is 0 Å². The van der Waals surface area contributed by atoms with Crippen molar-refractivity contribution in [3.05, 3.63) is 27.4 Å². The molecule has 0 radical (unpaired) electrons. The van der Waals surface area contributed by atoms with Crippen LogP contribution in [0.4, 0.5) is 11.5 Å². The molecule has 0 atom stereocenters. The van der Waals surface area contributed by atoms with Crippen molar-refractivity contribution in [3.8, 4) is 0 Å². The highest BCUT2D eigenvalue weighted by molar-refractivity contribution is 6.30. The minimum absolute atomic E-state index is 0.00519. The number of rotatable bonds is 2. The molecule has 0 bridgehead atoms. The number of nitro groups is 1. The van der Waals surface area contributed by atoms with Gasteiger partial charge in [-0.25, -0.2) is 4.98 Å². The van der Waals surface area contributed by atoms with Gasteiger partial charge in [-0.3, -0.25) is 10.1 Å². The molecule has 0 N–H and O–H groups in total. The van der Waals surface area contributed by atoms with Gasteiger partial charge in [0, 0.05) is 25.4 Å². The van der Waals surface area contributed by atoms with Crippen LogP contribution in [0.15, 0.2) is 12.3 Å². The topological polar surface area (TPSA) is 59.3 Å². The highest BCUT2D eigenvalue weighted by atomic mass is 35.5. The Labute approximate surface area is 98.2 Å². The first kappa shape index (κ1) is 11.1. The molecule has 1 fully saturated rings. The Morgan fingerprint density at radius 2 is 2.06 bits per heavy atom. The maximum Gasteiger partial charge on any atom is 0.313 e. The third-order valence-electron chi connectivity index (χ3n) is 2.67. The van der Waals surface area contributed by atoms with Crippen LogP contribution in [0.2, 0.25) is 5.02 Å². The zero-order valence-electron chi connectivity index (χ0n) is 8.73. The maximum atomic E-state index is 10.9. The van der Waals surface area contributed by atoms with Crippen molar-refractivity contribution >= 4 is 23.1 Å². The summed E-state index contributed by atoms with van der Waals surface area (Å²) in [5.41, 5.74) is -0.00519. The molecule has 2 rings (SSSR count). The predicted octanol–water partition coefficient (Wildman–Crippen LogP) is 2.63. The normalized spacial score (nSPS) is 16.2. The second-order valence-corrected chi connectivity index (χ2v) is 4.24. The Bertz CT molecular complexity index is 405. The van der Waals surface area contributed by atoms with Crippen LogP contribution in [0, 0.1) is 10.1 Å². The Kier molecular flexibility index (Phi) is 3.24. The quantitative estimate of drug-likeness (QED) is 0.590. The van der Waals surface area contributed by atoms with Gasteiger partial charge in [0.15, 0.2) is 0 Å². The Hall–Kier alpha value is -1.36. The smallest absolute Gasteiger partial charge is 0.313 e. The third-order valence-corrected chi connectivity index (χ3v) is 2.87. The second-order valence-electron chi connectivity index (χ2n) is 3.80. The van der Waals surface area contributed by atoms with E-state index in [0.29, 0.717) is 10.8 Å². The largest absolute Gasteiger partial charge is 0.351 e. The van der Waals surface area contributed by atoms with Gasteiger partial charge in [0.05, 0.1) is 9.95 Å². The van der Waals surface area contributed by atoms with Crippen molar-refractivity contribution in [2.24, 2.45) is 0 Å². The Morgan fingerprint density at radius 3 is 2.69 bits per heavy atom. The molecule has 1 saturated heterocycles. The van der Waals surface area contributed by atoms with Crippen molar-refractivity contribution in [3.63, 3.8) is 0 Å². The number of nitrogens with zero attached hydrogens (tertiary/aromatic N) is 3. The minimum Gasteiger partial charge on any atom is -0.351 e. The molecule has 1 aromatic rings. The van der Waals surface area contributed by atoms with Crippen LogP contribution < -0.4 is 4.90 Å². The summed E-state index contributed by atoms with van der Waals surface area (Å²) in [6, 6.07) is 1.36. The van der Waals surface area contributed by atoms with Crippen molar-refractivity contribution in [2.75, 3.05) is 18.0 Å². The fourth-order valence-electron chi connectivity index (χ4n) is 1.91. The third kappa shape index (κ3) is 2.24. The monoisotopic (exact) mass is 241 g/mol. The van der Waals surface area contributed by atoms with Crippen molar-refractivity contribution in [1.82, 2.24) is 4.98 Å². The fraction of sp³-hybridized carbons (Fsp3) is 0.500. The van der Waals surface area contributed by atoms with Gasteiger partial charge >= 0.3 is 5.69 Å². The molecule has 2 heterocycles. The van der Waals surface area contributed by atoms with Crippen molar-refractivity contribution < 1.29 is 4.92 Å². The number of piperidine rings is 1. The lowest BCUT2D eigenvalue weighted by Gasteiger charge is -2.27. The molecule has 1 aromatic heterocycles. The number of pyridine rings is 1. The van der Waals surface area contributed by atoms with E-state index >= 15 is 0 Å². The summed E-state index contributed by atoms with van der Waals surface area (Å²) in [5, 5.41) is 11.2. The Balaban J connectivity index is 2.34. The zero-order chi connectivity index (χ0) is 11.5. The molecular weight excluding hydrogens is 230 g/mol. The van der Waals surface area contributed by atoms with E-state index in [2.05, 4.69) is 4.98 Å². The highest BCUT2D eigenvalue weighted by Crippen LogP contribution is 2.29. The molecule has 0 spiro atoms. The number of hydrogen-bond acceptors (Lipinski definition) is 4. The predicted molar refractivity (Wildman–Crippen MR) is 62.0 cm³/mol. The van der Waals surface area contributed by atoms with Crippen LogP contribution in [0.25, 0.3) is 0 Å². The summed E-state index contributed by atoms with van der Waals surface area (Å²) in [5.74, 6) is 0.439. The van der Waals surface area contributed by atoms with Crippen LogP contribution in [0.5, 0.6) is 0 Å². The van der Waals surface area contributed by atoms with E-state index in [9.17, 15) is 10.1 Å². The van der Waals surface area contributed by atoms with Gasteiger partial charge in [-0.1, -0.05) is 11.6 Å². The van der Waals surface area contributed by atoms with Gasteiger partial charge < -0.3 is 4.90 Å². The lowest BCUT2D eigenvalue weighted by Crippen LogP contribution is -2.30. The maximum absolute atomic E-state index is 10.9. The van der Waals surface area contributed by atoms with E-state index in [-0.39, 0.29) is 5.69 Å². The Morgan fingerprint density at radius 1 is 1.38 bits per heavy atom. The van der Waals surface area contributed by atoms with Crippen molar-refractivity contribution in [1.29, 1.82) is 0 Å². The van der Waals surface area contributed by atoms with Crippen LogP contribution in [0.1, 0.15) is 19.3 Å². The molecule has 1 aliphatic rings. The first-order chi connectivity index (χ1) is 7.68. The summed E-state index contributed by atoms with van der Waals surface area (Å²) < 4.78 is 0. The van der Waals surface area contributed by atoms with Gasteiger partial charge in [-0.2, -0.15) is 0 Å². The van der Waals surface area contributed by atoms with Crippen LogP contribution >= 0.6 is 11.6 Å². The fourth-order valence-corrected chi connectivity index (χ4v) is 2.06. The minimum atomic E-state index is -0.428. The molecule has 0 amide bonds. The lowest BCUT2D eigenvalue weighted by atomic mass is 10.1. The van der Waals surface area contributed by atoms with E-state index in [1.54, 1.807) is 0 Å². The van der Waals surface area contributed by atoms with E-state index in [1.807, 2.05) is 4.90 Å². The molecule has 0 saturated carbocycles. The highest BCUT2D eigenvalue weighted by Gasteiger charge is 2.22.